The van der Waals surface area contributed by atoms with E-state index in [1.54, 1.807) is 66.9 Å². The van der Waals surface area contributed by atoms with E-state index >= 15 is 0 Å². The molecule has 0 bridgehead atoms. The molecule has 0 radical (unpaired) electrons. The predicted octanol–water partition coefficient (Wildman–Crippen LogP) is 2.76. The number of sulfone groups is 1. The van der Waals surface area contributed by atoms with Crippen LogP contribution in [0.15, 0.2) is 78.0 Å². The number of ether oxygens (including phenoxy) is 2. The number of benzene rings is 2. The van der Waals surface area contributed by atoms with E-state index in [0.717, 1.165) is 0 Å². The van der Waals surface area contributed by atoms with Crippen molar-refractivity contribution in [1.82, 2.24) is 10.3 Å². The molecule has 1 atom stereocenters. The topological polar surface area (TPSA) is 94.6 Å². The summed E-state index contributed by atoms with van der Waals surface area (Å²) in [7, 11) is -3.74. The third kappa shape index (κ3) is 3.93. The number of carbonyl (C=O) groups is 1. The highest BCUT2D eigenvalue weighted by atomic mass is 32.2. The van der Waals surface area contributed by atoms with E-state index in [-0.39, 0.29) is 18.2 Å². The summed E-state index contributed by atoms with van der Waals surface area (Å²) in [6.45, 7) is 0.00893. The fourth-order valence-electron chi connectivity index (χ4n) is 3.07. The van der Waals surface area contributed by atoms with Crippen LogP contribution in [0.3, 0.4) is 0 Å². The van der Waals surface area contributed by atoms with Gasteiger partial charge in [0.1, 0.15) is 5.25 Å². The Labute approximate surface area is 168 Å². The molecular weight excluding hydrogens is 392 g/mol. The number of aromatic nitrogens is 1. The molecule has 148 valence electrons. The first kappa shape index (κ1) is 18.9. The predicted molar refractivity (Wildman–Crippen MR) is 106 cm³/mol. The number of pyridine rings is 1. The summed E-state index contributed by atoms with van der Waals surface area (Å²) >= 11 is 0. The van der Waals surface area contributed by atoms with Gasteiger partial charge in [0.2, 0.25) is 6.79 Å². The van der Waals surface area contributed by atoms with Crippen LogP contribution in [0.5, 0.6) is 11.5 Å². The molecule has 4 rings (SSSR count). The van der Waals surface area contributed by atoms with Crippen molar-refractivity contribution in [2.45, 2.75) is 10.1 Å². The highest BCUT2D eigenvalue weighted by Crippen LogP contribution is 2.33. The van der Waals surface area contributed by atoms with Crippen molar-refractivity contribution in [3.63, 3.8) is 0 Å². The molecule has 1 amide bonds. The van der Waals surface area contributed by atoms with Crippen molar-refractivity contribution < 1.29 is 22.7 Å². The molecule has 2 heterocycles. The smallest absolute Gasteiger partial charge is 0.251 e. The molecule has 1 aromatic heterocycles. The molecule has 0 saturated carbocycles. The van der Waals surface area contributed by atoms with Crippen LogP contribution in [0.25, 0.3) is 0 Å². The molecule has 0 unspecified atom stereocenters. The maximum Gasteiger partial charge on any atom is 0.251 e. The molecule has 1 aliphatic rings. The SMILES string of the molecule is O=C(NC[C@@H](c1cccnc1)S(=O)(=O)c1ccccc1)c1ccc2c(c1)OCO2. The van der Waals surface area contributed by atoms with Crippen LogP contribution in [0.2, 0.25) is 0 Å². The molecule has 1 N–H and O–H groups in total. The minimum Gasteiger partial charge on any atom is -0.454 e. The minimum atomic E-state index is -3.74. The monoisotopic (exact) mass is 410 g/mol. The lowest BCUT2D eigenvalue weighted by atomic mass is 10.1. The summed E-state index contributed by atoms with van der Waals surface area (Å²) in [5, 5.41) is 1.75. The summed E-state index contributed by atoms with van der Waals surface area (Å²) in [5.41, 5.74) is 0.860. The van der Waals surface area contributed by atoms with E-state index in [4.69, 9.17) is 9.47 Å². The van der Waals surface area contributed by atoms with Gasteiger partial charge in [-0.2, -0.15) is 0 Å². The fraction of sp³-hybridized carbons (Fsp3) is 0.143. The Morgan fingerprint density at radius 3 is 2.59 bits per heavy atom. The first-order valence-electron chi connectivity index (χ1n) is 8.92. The molecule has 3 aromatic rings. The van der Waals surface area contributed by atoms with Gasteiger partial charge in [-0.25, -0.2) is 8.42 Å². The molecular formula is C21H18N2O5S. The van der Waals surface area contributed by atoms with Gasteiger partial charge < -0.3 is 14.8 Å². The van der Waals surface area contributed by atoms with Crippen LogP contribution in [0.1, 0.15) is 21.2 Å². The second-order valence-corrected chi connectivity index (χ2v) is 8.54. The maximum atomic E-state index is 13.2. The van der Waals surface area contributed by atoms with E-state index in [1.165, 1.54) is 6.20 Å². The number of hydrogen-bond acceptors (Lipinski definition) is 6. The van der Waals surface area contributed by atoms with Crippen molar-refractivity contribution in [2.75, 3.05) is 13.3 Å². The molecule has 1 aliphatic heterocycles. The van der Waals surface area contributed by atoms with Crippen LogP contribution in [0.4, 0.5) is 0 Å². The number of rotatable bonds is 6. The summed E-state index contributed by atoms with van der Waals surface area (Å²) in [4.78, 5) is 16.8. The number of hydrogen-bond donors (Lipinski definition) is 1. The van der Waals surface area contributed by atoms with Gasteiger partial charge in [0.05, 0.1) is 4.90 Å². The van der Waals surface area contributed by atoms with Crippen molar-refractivity contribution in [1.29, 1.82) is 0 Å². The van der Waals surface area contributed by atoms with Gasteiger partial charge in [-0.1, -0.05) is 24.3 Å². The van der Waals surface area contributed by atoms with Gasteiger partial charge in [0, 0.05) is 24.5 Å². The van der Waals surface area contributed by atoms with E-state index < -0.39 is 21.0 Å². The van der Waals surface area contributed by atoms with Crippen LogP contribution in [0, 0.1) is 0 Å². The molecule has 8 heteroatoms. The zero-order chi connectivity index (χ0) is 20.3. The van der Waals surface area contributed by atoms with Crippen molar-refractivity contribution in [3.05, 3.63) is 84.2 Å². The van der Waals surface area contributed by atoms with Crippen LogP contribution >= 0.6 is 0 Å². The average molecular weight is 410 g/mol. The maximum absolute atomic E-state index is 13.2. The summed E-state index contributed by atoms with van der Waals surface area (Å²) < 4.78 is 37.0. The van der Waals surface area contributed by atoms with Crippen molar-refractivity contribution in [3.8, 4) is 11.5 Å². The van der Waals surface area contributed by atoms with Crippen molar-refractivity contribution in [2.24, 2.45) is 0 Å². The lowest BCUT2D eigenvalue weighted by molar-refractivity contribution is 0.0953. The zero-order valence-corrected chi connectivity index (χ0v) is 16.1. The van der Waals surface area contributed by atoms with Gasteiger partial charge in [-0.3, -0.25) is 9.78 Å². The second-order valence-electron chi connectivity index (χ2n) is 6.41. The first-order valence-corrected chi connectivity index (χ1v) is 10.5. The molecule has 0 fully saturated rings. The molecule has 29 heavy (non-hydrogen) atoms. The van der Waals surface area contributed by atoms with Gasteiger partial charge in [0.15, 0.2) is 21.3 Å². The van der Waals surface area contributed by atoms with Gasteiger partial charge in [-0.05, 0) is 42.0 Å². The Balaban J connectivity index is 1.59. The standard InChI is InChI=1S/C21H18N2O5S/c24-21(15-8-9-18-19(11-15)28-14-27-18)23-13-20(16-5-4-10-22-12-16)29(25,26)17-6-2-1-3-7-17/h1-12,20H,13-14H2,(H,23,24)/t20-/m0/s1. The molecule has 7 nitrogen and oxygen atoms in total. The Hall–Kier alpha value is -3.39. The number of nitrogens with one attached hydrogen (secondary N) is 1. The molecule has 0 aliphatic carbocycles. The van der Waals surface area contributed by atoms with Crippen LogP contribution in [-0.4, -0.2) is 32.6 Å². The van der Waals surface area contributed by atoms with Crippen LogP contribution in [-0.2, 0) is 9.84 Å². The van der Waals surface area contributed by atoms with Gasteiger partial charge in [-0.15, -0.1) is 0 Å². The lowest BCUT2D eigenvalue weighted by Gasteiger charge is -2.19. The Kier molecular flexibility index (Phi) is 5.18. The average Bonchev–Trinajstić information content (AvgIpc) is 3.23. The highest BCUT2D eigenvalue weighted by molar-refractivity contribution is 7.91. The highest BCUT2D eigenvalue weighted by Gasteiger charge is 2.30. The largest absolute Gasteiger partial charge is 0.454 e. The molecule has 0 saturated heterocycles. The molecule has 0 spiro atoms. The normalized spacial score (nSPS) is 13.7. The quantitative estimate of drug-likeness (QED) is 0.672. The zero-order valence-electron chi connectivity index (χ0n) is 15.3. The first-order chi connectivity index (χ1) is 14.1. The Morgan fingerprint density at radius 2 is 1.83 bits per heavy atom. The van der Waals surface area contributed by atoms with Gasteiger partial charge in [0.25, 0.3) is 5.91 Å². The van der Waals surface area contributed by atoms with E-state index in [2.05, 4.69) is 10.3 Å². The van der Waals surface area contributed by atoms with E-state index in [9.17, 15) is 13.2 Å². The number of carbonyl (C=O) groups excluding carboxylic acids is 1. The number of nitrogens with zero attached hydrogens (tertiary/aromatic N) is 1. The third-order valence-corrected chi connectivity index (χ3v) is 6.70. The lowest BCUT2D eigenvalue weighted by Crippen LogP contribution is -2.32. The third-order valence-electron chi connectivity index (χ3n) is 4.59. The van der Waals surface area contributed by atoms with E-state index in [0.29, 0.717) is 22.6 Å². The van der Waals surface area contributed by atoms with Crippen LogP contribution < -0.4 is 14.8 Å². The minimum absolute atomic E-state index is 0.101. The number of amides is 1. The summed E-state index contributed by atoms with van der Waals surface area (Å²) in [5.74, 6) is 0.653. The molecule has 2 aromatic carbocycles. The van der Waals surface area contributed by atoms with E-state index in [1.807, 2.05) is 0 Å². The second kappa shape index (κ2) is 7.92. The Bertz CT molecular complexity index is 1120. The Morgan fingerprint density at radius 1 is 1.03 bits per heavy atom. The van der Waals surface area contributed by atoms with Gasteiger partial charge >= 0.3 is 0 Å². The fourth-order valence-corrected chi connectivity index (χ4v) is 4.74. The number of fused-ring (bicyclic) bond motifs is 1. The summed E-state index contributed by atoms with van der Waals surface area (Å²) in [6, 6.07) is 16.3. The van der Waals surface area contributed by atoms with Crippen molar-refractivity contribution >= 4 is 15.7 Å². The summed E-state index contributed by atoms with van der Waals surface area (Å²) in [6.07, 6.45) is 3.07.